The molecule has 0 aliphatic rings. The summed E-state index contributed by atoms with van der Waals surface area (Å²) in [5.74, 6) is -0.169. The molecule has 2 aromatic carbocycles. The fraction of sp³-hybridized carbons (Fsp3) is 0.111. The predicted octanol–water partition coefficient (Wildman–Crippen LogP) is 4.57. The fourth-order valence-electron chi connectivity index (χ4n) is 2.14. The van der Waals surface area contributed by atoms with E-state index in [4.69, 9.17) is 0 Å². The van der Waals surface area contributed by atoms with Crippen molar-refractivity contribution in [1.82, 2.24) is 4.98 Å². The van der Waals surface area contributed by atoms with E-state index in [1.165, 1.54) is 28.5 Å². The van der Waals surface area contributed by atoms with Crippen LogP contribution in [-0.2, 0) is 4.79 Å². The lowest BCUT2D eigenvalue weighted by Crippen LogP contribution is -2.07. The Bertz CT molecular complexity index is 847. The number of nitrogens with zero attached hydrogens (tertiary/aromatic N) is 1. The van der Waals surface area contributed by atoms with Gasteiger partial charge in [0, 0.05) is 6.08 Å². The molecule has 0 aliphatic heterocycles. The van der Waals surface area contributed by atoms with Gasteiger partial charge in [0.1, 0.15) is 0 Å². The maximum absolute atomic E-state index is 12.0. The van der Waals surface area contributed by atoms with E-state index in [1.807, 2.05) is 56.3 Å². The van der Waals surface area contributed by atoms with E-state index in [0.717, 1.165) is 15.8 Å². The molecule has 1 amide bonds. The third-order valence-electron chi connectivity index (χ3n) is 3.35. The Balaban J connectivity index is 1.72. The molecule has 1 heterocycles. The summed E-state index contributed by atoms with van der Waals surface area (Å²) in [5.41, 5.74) is 4.29. The molecule has 0 spiro atoms. The van der Waals surface area contributed by atoms with Crippen molar-refractivity contribution in [2.24, 2.45) is 0 Å². The van der Waals surface area contributed by atoms with Crippen LogP contribution in [0.2, 0.25) is 0 Å². The molecule has 0 fully saturated rings. The molecule has 0 bridgehead atoms. The number of benzene rings is 2. The van der Waals surface area contributed by atoms with Crippen LogP contribution in [0.15, 0.2) is 48.5 Å². The van der Waals surface area contributed by atoms with Crippen molar-refractivity contribution in [3.05, 3.63) is 65.2 Å². The highest BCUT2D eigenvalue weighted by atomic mass is 32.1. The summed E-state index contributed by atoms with van der Waals surface area (Å²) in [5, 5.41) is 3.45. The van der Waals surface area contributed by atoms with Gasteiger partial charge in [-0.15, -0.1) is 0 Å². The SMILES string of the molecule is Cc1ccc(C=CC(=O)Nc2nc3cccc(C)c3s2)cc1. The maximum atomic E-state index is 12.0. The van der Waals surface area contributed by atoms with Gasteiger partial charge in [-0.1, -0.05) is 53.3 Å². The van der Waals surface area contributed by atoms with E-state index < -0.39 is 0 Å². The number of thiazole rings is 1. The summed E-state index contributed by atoms with van der Waals surface area (Å²) in [6.45, 7) is 4.08. The molecule has 0 aliphatic carbocycles. The van der Waals surface area contributed by atoms with Crippen molar-refractivity contribution in [3.8, 4) is 0 Å². The first-order valence-corrected chi connectivity index (χ1v) is 7.85. The Labute approximate surface area is 133 Å². The minimum atomic E-state index is -0.169. The summed E-state index contributed by atoms with van der Waals surface area (Å²) < 4.78 is 1.11. The molecule has 1 aromatic heterocycles. The van der Waals surface area contributed by atoms with Crippen molar-refractivity contribution in [2.75, 3.05) is 5.32 Å². The van der Waals surface area contributed by atoms with Gasteiger partial charge in [-0.25, -0.2) is 4.98 Å². The van der Waals surface area contributed by atoms with E-state index in [1.54, 1.807) is 6.08 Å². The second-order valence-corrected chi connectivity index (χ2v) is 6.17. The first-order valence-electron chi connectivity index (χ1n) is 7.04. The zero-order valence-corrected chi connectivity index (χ0v) is 13.3. The van der Waals surface area contributed by atoms with Gasteiger partial charge in [-0.05, 0) is 37.1 Å². The Morgan fingerprint density at radius 2 is 1.91 bits per heavy atom. The lowest BCUT2D eigenvalue weighted by molar-refractivity contribution is -0.111. The quantitative estimate of drug-likeness (QED) is 0.720. The van der Waals surface area contributed by atoms with Crippen LogP contribution in [0, 0.1) is 13.8 Å². The highest BCUT2D eigenvalue weighted by molar-refractivity contribution is 7.22. The zero-order valence-electron chi connectivity index (χ0n) is 12.5. The van der Waals surface area contributed by atoms with Gasteiger partial charge >= 0.3 is 0 Å². The summed E-state index contributed by atoms with van der Waals surface area (Å²) in [6, 6.07) is 14.0. The smallest absolute Gasteiger partial charge is 0.250 e. The van der Waals surface area contributed by atoms with Gasteiger partial charge in [0.15, 0.2) is 5.13 Å². The van der Waals surface area contributed by atoms with E-state index in [-0.39, 0.29) is 5.91 Å². The van der Waals surface area contributed by atoms with Gasteiger partial charge in [0.2, 0.25) is 5.91 Å². The van der Waals surface area contributed by atoms with E-state index in [2.05, 4.69) is 10.3 Å². The van der Waals surface area contributed by atoms with Crippen molar-refractivity contribution in [1.29, 1.82) is 0 Å². The molecular weight excluding hydrogens is 292 g/mol. The molecule has 110 valence electrons. The summed E-state index contributed by atoms with van der Waals surface area (Å²) >= 11 is 1.50. The van der Waals surface area contributed by atoms with Gasteiger partial charge in [0.25, 0.3) is 0 Å². The third kappa shape index (κ3) is 3.23. The number of anilines is 1. The van der Waals surface area contributed by atoms with Crippen LogP contribution in [0.25, 0.3) is 16.3 Å². The van der Waals surface area contributed by atoms with E-state index in [9.17, 15) is 4.79 Å². The first-order chi connectivity index (χ1) is 10.6. The number of fused-ring (bicyclic) bond motifs is 1. The Kier molecular flexibility index (Phi) is 4.02. The topological polar surface area (TPSA) is 42.0 Å². The number of rotatable bonds is 3. The van der Waals surface area contributed by atoms with Crippen molar-refractivity contribution in [2.45, 2.75) is 13.8 Å². The summed E-state index contributed by atoms with van der Waals surface area (Å²) in [7, 11) is 0. The number of carbonyl (C=O) groups is 1. The van der Waals surface area contributed by atoms with Crippen LogP contribution in [-0.4, -0.2) is 10.9 Å². The van der Waals surface area contributed by atoms with Crippen LogP contribution in [0.3, 0.4) is 0 Å². The number of aromatic nitrogens is 1. The second-order valence-electron chi connectivity index (χ2n) is 5.18. The zero-order chi connectivity index (χ0) is 15.5. The molecule has 3 rings (SSSR count). The summed E-state index contributed by atoms with van der Waals surface area (Å²) in [6.07, 6.45) is 3.33. The highest BCUT2D eigenvalue weighted by Crippen LogP contribution is 2.28. The molecule has 3 aromatic rings. The number of nitrogens with one attached hydrogen (secondary N) is 1. The lowest BCUT2D eigenvalue weighted by atomic mass is 10.1. The molecule has 3 nitrogen and oxygen atoms in total. The fourth-order valence-corrected chi connectivity index (χ4v) is 3.07. The van der Waals surface area contributed by atoms with Crippen LogP contribution < -0.4 is 5.32 Å². The van der Waals surface area contributed by atoms with E-state index in [0.29, 0.717) is 5.13 Å². The average Bonchev–Trinajstić information content (AvgIpc) is 2.90. The Morgan fingerprint density at radius 3 is 2.64 bits per heavy atom. The molecule has 0 saturated carbocycles. The standard InChI is InChI=1S/C18H16N2OS/c1-12-6-8-14(9-7-12)10-11-16(21)20-18-19-15-5-3-4-13(2)17(15)22-18/h3-11H,1-2H3,(H,19,20,21). The molecule has 4 heteroatoms. The largest absolute Gasteiger partial charge is 0.298 e. The van der Waals surface area contributed by atoms with Crippen LogP contribution in [0.1, 0.15) is 16.7 Å². The van der Waals surface area contributed by atoms with Crippen molar-refractivity contribution < 1.29 is 4.79 Å². The first kappa shape index (κ1) is 14.5. The Morgan fingerprint density at radius 1 is 1.14 bits per heavy atom. The molecule has 0 saturated heterocycles. The second kappa shape index (κ2) is 6.12. The van der Waals surface area contributed by atoms with Crippen molar-refractivity contribution >= 4 is 38.7 Å². The average molecular weight is 308 g/mol. The molecule has 0 radical (unpaired) electrons. The van der Waals surface area contributed by atoms with E-state index >= 15 is 0 Å². The number of hydrogen-bond acceptors (Lipinski definition) is 3. The normalized spacial score (nSPS) is 11.2. The molecule has 0 unspecified atom stereocenters. The lowest BCUT2D eigenvalue weighted by Gasteiger charge is -1.96. The molecule has 22 heavy (non-hydrogen) atoms. The minimum absolute atomic E-state index is 0.169. The number of carbonyl (C=O) groups excluding carboxylic acids is 1. The number of aryl methyl sites for hydroxylation is 2. The van der Waals surface area contributed by atoms with Gasteiger partial charge in [0.05, 0.1) is 10.2 Å². The van der Waals surface area contributed by atoms with Gasteiger partial charge in [-0.3, -0.25) is 10.1 Å². The summed E-state index contributed by atoms with van der Waals surface area (Å²) in [4.78, 5) is 16.4. The monoisotopic (exact) mass is 308 g/mol. The maximum Gasteiger partial charge on any atom is 0.250 e. The predicted molar refractivity (Wildman–Crippen MR) is 93.2 cm³/mol. The molecular formula is C18H16N2OS. The molecule has 1 N–H and O–H groups in total. The van der Waals surface area contributed by atoms with Crippen LogP contribution >= 0.6 is 11.3 Å². The van der Waals surface area contributed by atoms with Gasteiger partial charge < -0.3 is 0 Å². The van der Waals surface area contributed by atoms with Crippen LogP contribution in [0.5, 0.6) is 0 Å². The van der Waals surface area contributed by atoms with Gasteiger partial charge in [-0.2, -0.15) is 0 Å². The molecule has 0 atom stereocenters. The van der Waals surface area contributed by atoms with Crippen molar-refractivity contribution in [3.63, 3.8) is 0 Å². The van der Waals surface area contributed by atoms with Crippen LogP contribution in [0.4, 0.5) is 5.13 Å². The number of hydrogen-bond donors (Lipinski definition) is 1. The Hall–Kier alpha value is -2.46. The number of amides is 1. The highest BCUT2D eigenvalue weighted by Gasteiger charge is 2.07. The minimum Gasteiger partial charge on any atom is -0.298 e. The third-order valence-corrected chi connectivity index (χ3v) is 4.47.